The van der Waals surface area contributed by atoms with Crippen molar-refractivity contribution in [1.29, 1.82) is 0 Å². The predicted octanol–water partition coefficient (Wildman–Crippen LogP) is 2.79. The first-order valence-corrected chi connectivity index (χ1v) is 8.04. The number of rotatable bonds is 5. The van der Waals surface area contributed by atoms with Gasteiger partial charge in [0.1, 0.15) is 0 Å². The van der Waals surface area contributed by atoms with Gasteiger partial charge in [0, 0.05) is 23.6 Å². The SMILES string of the molecule is O=[N+]([O-])c1cccc(S(=O)(=O)NCc2ccc(Cl)s2)c1. The van der Waals surface area contributed by atoms with Crippen LogP contribution in [0.5, 0.6) is 0 Å². The lowest BCUT2D eigenvalue weighted by Gasteiger charge is -2.05. The first-order chi connectivity index (χ1) is 9.38. The Labute approximate surface area is 124 Å². The predicted molar refractivity (Wildman–Crippen MR) is 76.5 cm³/mol. The zero-order chi connectivity index (χ0) is 14.8. The number of benzene rings is 1. The highest BCUT2D eigenvalue weighted by atomic mass is 35.5. The van der Waals surface area contributed by atoms with Gasteiger partial charge in [0.05, 0.1) is 14.2 Å². The number of sulfonamides is 1. The average molecular weight is 333 g/mol. The van der Waals surface area contributed by atoms with Crippen LogP contribution in [-0.4, -0.2) is 13.3 Å². The molecule has 6 nitrogen and oxygen atoms in total. The van der Waals surface area contributed by atoms with E-state index in [1.54, 1.807) is 12.1 Å². The molecule has 0 spiro atoms. The van der Waals surface area contributed by atoms with E-state index in [2.05, 4.69) is 4.72 Å². The number of hydrogen-bond donors (Lipinski definition) is 1. The summed E-state index contributed by atoms with van der Waals surface area (Å²) in [5.74, 6) is 0. The number of hydrogen-bond acceptors (Lipinski definition) is 5. The summed E-state index contributed by atoms with van der Waals surface area (Å²) in [5.41, 5.74) is -0.271. The molecule has 0 radical (unpaired) electrons. The summed E-state index contributed by atoms with van der Waals surface area (Å²) in [6, 6.07) is 8.26. The van der Waals surface area contributed by atoms with Gasteiger partial charge in [-0.2, -0.15) is 0 Å². The molecule has 0 unspecified atom stereocenters. The fourth-order valence-electron chi connectivity index (χ4n) is 1.46. The highest BCUT2D eigenvalue weighted by Crippen LogP contribution is 2.22. The van der Waals surface area contributed by atoms with Crippen LogP contribution in [0, 0.1) is 10.1 Å². The third-order valence-corrected chi connectivity index (χ3v) is 5.03. The minimum atomic E-state index is -3.80. The molecule has 0 aliphatic rings. The molecule has 0 saturated heterocycles. The summed E-state index contributed by atoms with van der Waals surface area (Å²) in [4.78, 5) is 10.6. The second-order valence-electron chi connectivity index (χ2n) is 3.78. The zero-order valence-corrected chi connectivity index (χ0v) is 12.3. The van der Waals surface area contributed by atoms with Crippen LogP contribution in [0.4, 0.5) is 5.69 Å². The maximum Gasteiger partial charge on any atom is 0.270 e. The molecule has 0 atom stereocenters. The second-order valence-corrected chi connectivity index (χ2v) is 7.35. The van der Waals surface area contributed by atoms with Crippen LogP contribution in [0.3, 0.4) is 0 Å². The van der Waals surface area contributed by atoms with E-state index in [0.29, 0.717) is 4.34 Å². The number of halogens is 1. The average Bonchev–Trinajstić information content (AvgIpc) is 2.82. The van der Waals surface area contributed by atoms with Gasteiger partial charge in [-0.1, -0.05) is 17.7 Å². The van der Waals surface area contributed by atoms with Crippen LogP contribution >= 0.6 is 22.9 Å². The molecule has 1 N–H and O–H groups in total. The Hall–Kier alpha value is -1.48. The van der Waals surface area contributed by atoms with Crippen molar-refractivity contribution >= 4 is 38.6 Å². The highest BCUT2D eigenvalue weighted by molar-refractivity contribution is 7.89. The molecule has 0 fully saturated rings. The fraction of sp³-hybridized carbons (Fsp3) is 0.0909. The lowest BCUT2D eigenvalue weighted by molar-refractivity contribution is -0.385. The molecule has 0 saturated carbocycles. The third-order valence-electron chi connectivity index (χ3n) is 2.40. The van der Waals surface area contributed by atoms with Gasteiger partial charge in [-0.25, -0.2) is 13.1 Å². The Morgan fingerprint density at radius 1 is 1.30 bits per heavy atom. The quantitative estimate of drug-likeness (QED) is 0.673. The first kappa shape index (κ1) is 14.9. The van der Waals surface area contributed by atoms with E-state index >= 15 is 0 Å². The summed E-state index contributed by atoms with van der Waals surface area (Å²) < 4.78 is 27.0. The first-order valence-electron chi connectivity index (χ1n) is 5.37. The molecule has 2 rings (SSSR count). The zero-order valence-electron chi connectivity index (χ0n) is 9.95. The molecule has 0 bridgehead atoms. The van der Waals surface area contributed by atoms with Gasteiger partial charge in [0.25, 0.3) is 5.69 Å². The normalized spacial score (nSPS) is 11.4. The number of nitrogens with one attached hydrogen (secondary N) is 1. The summed E-state index contributed by atoms with van der Waals surface area (Å²) in [6.45, 7) is 0.0857. The van der Waals surface area contributed by atoms with E-state index < -0.39 is 14.9 Å². The molecule has 9 heteroatoms. The van der Waals surface area contributed by atoms with E-state index in [1.165, 1.54) is 29.5 Å². The standard InChI is InChI=1S/C11H9ClN2O4S2/c12-11-5-4-9(19-11)7-13-20(17,18)10-3-1-2-8(6-10)14(15)16/h1-6,13H,7H2. The molecule has 1 heterocycles. The van der Waals surface area contributed by atoms with Gasteiger partial charge in [0.2, 0.25) is 10.0 Å². The van der Waals surface area contributed by atoms with Crippen LogP contribution in [0.1, 0.15) is 4.88 Å². The summed E-state index contributed by atoms with van der Waals surface area (Å²) in [6.07, 6.45) is 0. The Balaban J connectivity index is 2.17. The van der Waals surface area contributed by atoms with Crippen molar-refractivity contribution in [3.05, 3.63) is 55.7 Å². The Bertz CT molecular complexity index is 742. The molecule has 106 valence electrons. The molecule has 0 aliphatic heterocycles. The summed E-state index contributed by atoms with van der Waals surface area (Å²) in [5, 5.41) is 10.6. The Kier molecular flexibility index (Phi) is 4.39. The number of nitrogens with zero attached hydrogens (tertiary/aromatic N) is 1. The molecule has 1 aromatic heterocycles. The number of non-ortho nitro benzene ring substituents is 1. The smallest absolute Gasteiger partial charge is 0.258 e. The topological polar surface area (TPSA) is 89.3 Å². The lowest BCUT2D eigenvalue weighted by Crippen LogP contribution is -2.22. The summed E-state index contributed by atoms with van der Waals surface area (Å²) >= 11 is 7.01. The number of nitro groups is 1. The van der Waals surface area contributed by atoms with Crippen LogP contribution in [-0.2, 0) is 16.6 Å². The second kappa shape index (κ2) is 5.88. The fourth-order valence-corrected chi connectivity index (χ4v) is 3.62. The van der Waals surface area contributed by atoms with E-state index in [0.717, 1.165) is 10.9 Å². The Morgan fingerprint density at radius 2 is 2.05 bits per heavy atom. The van der Waals surface area contributed by atoms with E-state index in [9.17, 15) is 18.5 Å². The van der Waals surface area contributed by atoms with Crippen molar-refractivity contribution in [3.63, 3.8) is 0 Å². The third kappa shape index (κ3) is 3.54. The Morgan fingerprint density at radius 3 is 2.65 bits per heavy atom. The van der Waals surface area contributed by atoms with Gasteiger partial charge < -0.3 is 0 Å². The van der Waals surface area contributed by atoms with Crippen molar-refractivity contribution < 1.29 is 13.3 Å². The van der Waals surface area contributed by atoms with Gasteiger partial charge in [0.15, 0.2) is 0 Å². The summed E-state index contributed by atoms with van der Waals surface area (Å²) in [7, 11) is -3.80. The van der Waals surface area contributed by atoms with Gasteiger partial charge in [-0.15, -0.1) is 11.3 Å². The van der Waals surface area contributed by atoms with Crippen LogP contribution < -0.4 is 4.72 Å². The van der Waals surface area contributed by atoms with Gasteiger partial charge in [-0.05, 0) is 18.2 Å². The molecular weight excluding hydrogens is 324 g/mol. The minimum absolute atomic E-state index is 0.0857. The van der Waals surface area contributed by atoms with Crippen molar-refractivity contribution in [2.24, 2.45) is 0 Å². The maximum atomic E-state index is 12.0. The lowest BCUT2D eigenvalue weighted by atomic mass is 10.3. The maximum absolute atomic E-state index is 12.0. The van der Waals surface area contributed by atoms with Gasteiger partial charge in [-0.3, -0.25) is 10.1 Å². The molecule has 0 amide bonds. The highest BCUT2D eigenvalue weighted by Gasteiger charge is 2.17. The molecule has 2 aromatic rings. The van der Waals surface area contributed by atoms with Crippen molar-refractivity contribution in [2.75, 3.05) is 0 Å². The van der Waals surface area contributed by atoms with Crippen LogP contribution in [0.25, 0.3) is 0 Å². The largest absolute Gasteiger partial charge is 0.270 e. The number of thiophene rings is 1. The van der Waals surface area contributed by atoms with E-state index in [-0.39, 0.29) is 17.1 Å². The van der Waals surface area contributed by atoms with Crippen molar-refractivity contribution in [2.45, 2.75) is 11.4 Å². The van der Waals surface area contributed by atoms with E-state index in [1.807, 2.05) is 0 Å². The van der Waals surface area contributed by atoms with Crippen molar-refractivity contribution in [1.82, 2.24) is 4.72 Å². The minimum Gasteiger partial charge on any atom is -0.258 e. The molecular formula is C11H9ClN2O4S2. The van der Waals surface area contributed by atoms with Crippen LogP contribution in [0.2, 0.25) is 4.34 Å². The molecule has 20 heavy (non-hydrogen) atoms. The van der Waals surface area contributed by atoms with E-state index in [4.69, 9.17) is 11.6 Å². The van der Waals surface area contributed by atoms with Gasteiger partial charge >= 0.3 is 0 Å². The number of nitro benzene ring substituents is 1. The molecule has 0 aliphatic carbocycles. The van der Waals surface area contributed by atoms with Crippen molar-refractivity contribution in [3.8, 4) is 0 Å². The van der Waals surface area contributed by atoms with Crippen LogP contribution in [0.15, 0.2) is 41.3 Å². The monoisotopic (exact) mass is 332 g/mol. The molecule has 1 aromatic carbocycles.